The average Bonchev–Trinajstić information content (AvgIpc) is 2.99. The molecule has 1 heterocycles. The van der Waals surface area contributed by atoms with E-state index >= 15 is 0 Å². The van der Waals surface area contributed by atoms with Crippen LogP contribution in [0, 0.1) is 0 Å². The summed E-state index contributed by atoms with van der Waals surface area (Å²) in [4.78, 5) is 28.5. The summed E-state index contributed by atoms with van der Waals surface area (Å²) in [6.45, 7) is 0.440. The van der Waals surface area contributed by atoms with Gasteiger partial charge in [0, 0.05) is 23.8 Å². The van der Waals surface area contributed by atoms with E-state index in [1.165, 1.54) is 16.2 Å². The number of amides is 2. The normalized spacial score (nSPS) is 10.1. The number of thiazole rings is 1. The summed E-state index contributed by atoms with van der Waals surface area (Å²) in [5, 5.41) is 14.2. The van der Waals surface area contributed by atoms with Gasteiger partial charge in [0.05, 0.1) is 13.0 Å². The van der Waals surface area contributed by atoms with Crippen molar-refractivity contribution < 1.29 is 14.7 Å². The van der Waals surface area contributed by atoms with Crippen molar-refractivity contribution in [1.29, 1.82) is 0 Å². The first kappa shape index (κ1) is 15.0. The Kier molecular flexibility index (Phi) is 5.28. The monoisotopic (exact) mass is 305 g/mol. The fourth-order valence-electron chi connectivity index (χ4n) is 1.75. The standard InChI is InChI=1S/C14H15N3O3S/c18-13(19)6-8-17(11-4-2-1-3-5-11)14(20)16-10-12-15-7-9-21-12/h1-5,7,9H,6,8,10H2,(H,16,20)(H,18,19). The van der Waals surface area contributed by atoms with Crippen LogP contribution in [0.1, 0.15) is 11.4 Å². The van der Waals surface area contributed by atoms with E-state index in [9.17, 15) is 9.59 Å². The van der Waals surface area contributed by atoms with Gasteiger partial charge in [-0.1, -0.05) is 18.2 Å². The molecule has 0 unspecified atom stereocenters. The molecule has 0 aliphatic heterocycles. The van der Waals surface area contributed by atoms with Crippen LogP contribution >= 0.6 is 11.3 Å². The SMILES string of the molecule is O=C(O)CCN(C(=O)NCc1nccs1)c1ccccc1. The first-order chi connectivity index (χ1) is 10.2. The third-order valence-corrected chi connectivity index (χ3v) is 3.52. The quantitative estimate of drug-likeness (QED) is 0.858. The molecule has 7 heteroatoms. The van der Waals surface area contributed by atoms with Crippen molar-refractivity contribution in [1.82, 2.24) is 10.3 Å². The highest BCUT2D eigenvalue weighted by Crippen LogP contribution is 2.14. The zero-order valence-corrected chi connectivity index (χ0v) is 12.0. The number of carboxylic acids is 1. The molecule has 2 aromatic rings. The lowest BCUT2D eigenvalue weighted by atomic mass is 10.3. The second-order valence-corrected chi connectivity index (χ2v) is 5.19. The Labute approximate surface area is 126 Å². The van der Waals surface area contributed by atoms with Gasteiger partial charge < -0.3 is 10.4 Å². The van der Waals surface area contributed by atoms with Gasteiger partial charge in [-0.25, -0.2) is 9.78 Å². The number of benzene rings is 1. The third-order valence-electron chi connectivity index (χ3n) is 2.74. The summed E-state index contributed by atoms with van der Waals surface area (Å²) >= 11 is 1.45. The van der Waals surface area contributed by atoms with E-state index in [2.05, 4.69) is 10.3 Å². The molecule has 0 fully saturated rings. The van der Waals surface area contributed by atoms with Gasteiger partial charge in [-0.2, -0.15) is 0 Å². The number of urea groups is 1. The third kappa shape index (κ3) is 4.57. The molecule has 1 aromatic heterocycles. The van der Waals surface area contributed by atoms with E-state index in [1.807, 2.05) is 11.4 Å². The summed E-state index contributed by atoms with van der Waals surface area (Å²) in [7, 11) is 0. The van der Waals surface area contributed by atoms with E-state index in [0.717, 1.165) is 5.01 Å². The van der Waals surface area contributed by atoms with Crippen molar-refractivity contribution in [2.24, 2.45) is 0 Å². The molecule has 2 N–H and O–H groups in total. The van der Waals surface area contributed by atoms with Crippen LogP contribution < -0.4 is 10.2 Å². The predicted molar refractivity (Wildman–Crippen MR) is 80.4 cm³/mol. The fraction of sp³-hybridized carbons (Fsp3) is 0.214. The van der Waals surface area contributed by atoms with Crippen molar-refractivity contribution in [3.05, 3.63) is 46.9 Å². The van der Waals surface area contributed by atoms with Crippen LogP contribution in [0.5, 0.6) is 0 Å². The topological polar surface area (TPSA) is 82.5 Å². The maximum Gasteiger partial charge on any atom is 0.322 e. The van der Waals surface area contributed by atoms with Crippen molar-refractivity contribution in [3.63, 3.8) is 0 Å². The van der Waals surface area contributed by atoms with Crippen molar-refractivity contribution in [3.8, 4) is 0 Å². The molecule has 110 valence electrons. The van der Waals surface area contributed by atoms with Gasteiger partial charge in [0.1, 0.15) is 5.01 Å². The molecule has 0 atom stereocenters. The number of hydrogen-bond acceptors (Lipinski definition) is 4. The molecule has 0 bridgehead atoms. The molecular weight excluding hydrogens is 290 g/mol. The highest BCUT2D eigenvalue weighted by atomic mass is 32.1. The highest BCUT2D eigenvalue weighted by molar-refractivity contribution is 7.09. The molecule has 6 nitrogen and oxygen atoms in total. The first-order valence-corrected chi connectivity index (χ1v) is 7.25. The number of aromatic nitrogens is 1. The number of rotatable bonds is 6. The van der Waals surface area contributed by atoms with Gasteiger partial charge in [0.15, 0.2) is 0 Å². The second-order valence-electron chi connectivity index (χ2n) is 4.22. The minimum absolute atomic E-state index is 0.112. The summed E-state index contributed by atoms with van der Waals surface area (Å²) in [6, 6.07) is 8.65. The molecule has 0 aliphatic rings. The summed E-state index contributed by atoms with van der Waals surface area (Å²) in [5.41, 5.74) is 0.662. The maximum atomic E-state index is 12.3. The fourth-order valence-corrected chi connectivity index (χ4v) is 2.31. The number of hydrogen-bond donors (Lipinski definition) is 2. The Morgan fingerprint density at radius 1 is 1.29 bits per heavy atom. The zero-order valence-electron chi connectivity index (χ0n) is 11.2. The number of nitrogens with zero attached hydrogens (tertiary/aromatic N) is 2. The highest BCUT2D eigenvalue weighted by Gasteiger charge is 2.16. The molecule has 2 rings (SSSR count). The molecule has 0 spiro atoms. The van der Waals surface area contributed by atoms with Crippen molar-refractivity contribution >= 4 is 29.0 Å². The molecule has 1 aromatic carbocycles. The lowest BCUT2D eigenvalue weighted by molar-refractivity contribution is -0.136. The zero-order chi connectivity index (χ0) is 15.1. The smallest absolute Gasteiger partial charge is 0.322 e. The number of aliphatic carboxylic acids is 1. The summed E-state index contributed by atoms with van der Waals surface area (Å²) < 4.78 is 0. The minimum Gasteiger partial charge on any atom is -0.481 e. The van der Waals surface area contributed by atoms with Crippen LogP contribution in [0.15, 0.2) is 41.9 Å². The Morgan fingerprint density at radius 3 is 2.67 bits per heavy atom. The van der Waals surface area contributed by atoms with Crippen LogP contribution in [0.25, 0.3) is 0 Å². The van der Waals surface area contributed by atoms with E-state index in [0.29, 0.717) is 12.2 Å². The lowest BCUT2D eigenvalue weighted by Gasteiger charge is -2.22. The van der Waals surface area contributed by atoms with Gasteiger partial charge >= 0.3 is 12.0 Å². The maximum absolute atomic E-state index is 12.3. The average molecular weight is 305 g/mol. The van der Waals surface area contributed by atoms with Crippen molar-refractivity contribution in [2.45, 2.75) is 13.0 Å². The second kappa shape index (κ2) is 7.39. The van der Waals surface area contributed by atoms with Gasteiger partial charge in [0.25, 0.3) is 0 Å². The molecular formula is C14H15N3O3S. The number of carbonyl (C=O) groups is 2. The predicted octanol–water partition coefficient (Wildman–Crippen LogP) is 2.33. The molecule has 21 heavy (non-hydrogen) atoms. The van der Waals surface area contributed by atoms with E-state index in [4.69, 9.17) is 5.11 Å². The summed E-state index contributed by atoms with van der Waals surface area (Å²) in [6.07, 6.45) is 1.56. The van der Waals surface area contributed by atoms with Gasteiger partial charge in [-0.15, -0.1) is 11.3 Å². The number of nitrogens with one attached hydrogen (secondary N) is 1. The molecule has 0 saturated heterocycles. The number of carboxylic acid groups (broad SMARTS) is 1. The Balaban J connectivity index is 2.03. The lowest BCUT2D eigenvalue weighted by Crippen LogP contribution is -2.41. The van der Waals surface area contributed by atoms with Crippen LogP contribution in [0.2, 0.25) is 0 Å². The van der Waals surface area contributed by atoms with Crippen LogP contribution in [0.4, 0.5) is 10.5 Å². The van der Waals surface area contributed by atoms with Gasteiger partial charge in [-0.05, 0) is 12.1 Å². The number of anilines is 1. The van der Waals surface area contributed by atoms with E-state index in [1.54, 1.807) is 30.5 Å². The number of carbonyl (C=O) groups excluding carboxylic acids is 1. The van der Waals surface area contributed by atoms with Crippen LogP contribution in [-0.4, -0.2) is 28.6 Å². The van der Waals surface area contributed by atoms with Crippen molar-refractivity contribution in [2.75, 3.05) is 11.4 Å². The Bertz CT molecular complexity index is 587. The summed E-state index contributed by atoms with van der Waals surface area (Å²) in [5.74, 6) is -0.941. The van der Waals surface area contributed by atoms with E-state index in [-0.39, 0.29) is 19.0 Å². The molecule has 0 saturated carbocycles. The van der Waals surface area contributed by atoms with Gasteiger partial charge in [0.2, 0.25) is 0 Å². The van der Waals surface area contributed by atoms with Crippen LogP contribution in [0.3, 0.4) is 0 Å². The van der Waals surface area contributed by atoms with Crippen LogP contribution in [-0.2, 0) is 11.3 Å². The van der Waals surface area contributed by atoms with E-state index < -0.39 is 5.97 Å². The number of para-hydroxylation sites is 1. The Morgan fingerprint density at radius 2 is 2.05 bits per heavy atom. The molecule has 0 aliphatic carbocycles. The molecule has 0 radical (unpaired) electrons. The molecule has 2 amide bonds. The van der Waals surface area contributed by atoms with Gasteiger partial charge in [-0.3, -0.25) is 9.69 Å². The minimum atomic E-state index is -0.941. The Hall–Kier alpha value is -2.41. The first-order valence-electron chi connectivity index (χ1n) is 6.37. The largest absolute Gasteiger partial charge is 0.481 e.